The number of halogens is 2. The second-order valence-electron chi connectivity index (χ2n) is 9.76. The summed E-state index contributed by atoms with van der Waals surface area (Å²) in [4.78, 5) is 12.9. The normalized spacial score (nSPS) is 29.5. The Kier molecular flexibility index (Phi) is 7.52. The van der Waals surface area contributed by atoms with Crippen molar-refractivity contribution in [2.24, 2.45) is 17.8 Å². The van der Waals surface area contributed by atoms with Gasteiger partial charge >= 0.3 is 5.97 Å². The number of ether oxygens (including phenoxy) is 2. The summed E-state index contributed by atoms with van der Waals surface area (Å²) in [5, 5.41) is 0. The summed E-state index contributed by atoms with van der Waals surface area (Å²) in [5.74, 6) is -0.788. The van der Waals surface area contributed by atoms with E-state index in [1.165, 1.54) is 6.07 Å². The number of benzene rings is 1. The molecule has 0 amide bonds. The average Bonchev–Trinajstić information content (AvgIpc) is 3.39. The number of carbonyl (C=O) groups is 1. The van der Waals surface area contributed by atoms with Gasteiger partial charge in [0.15, 0.2) is 11.6 Å². The van der Waals surface area contributed by atoms with E-state index in [1.54, 1.807) is 11.6 Å². The van der Waals surface area contributed by atoms with Crippen LogP contribution in [0.25, 0.3) is 0 Å². The maximum Gasteiger partial charge on any atom is 0.309 e. The number of allylic oxidation sites excluding steroid dienone is 2. The van der Waals surface area contributed by atoms with Crippen molar-refractivity contribution in [3.8, 4) is 5.75 Å². The van der Waals surface area contributed by atoms with Gasteiger partial charge < -0.3 is 9.47 Å². The quantitative estimate of drug-likeness (QED) is 0.316. The predicted octanol–water partition coefficient (Wildman–Crippen LogP) is 7.10. The summed E-state index contributed by atoms with van der Waals surface area (Å²) in [6, 6.07) is 3.19. The minimum atomic E-state index is -0.895. The lowest BCUT2D eigenvalue weighted by atomic mass is 9.82. The van der Waals surface area contributed by atoms with E-state index in [9.17, 15) is 13.6 Å². The fourth-order valence-corrected chi connectivity index (χ4v) is 6.09. The van der Waals surface area contributed by atoms with Gasteiger partial charge in [0.2, 0.25) is 5.82 Å². The fraction of sp³-hybridized carbons (Fsp3) is 0.667. The lowest BCUT2D eigenvalue weighted by Gasteiger charge is -2.30. The van der Waals surface area contributed by atoms with Crippen LogP contribution in [0.2, 0.25) is 0 Å². The van der Waals surface area contributed by atoms with Crippen LogP contribution in [-0.4, -0.2) is 18.7 Å². The van der Waals surface area contributed by atoms with Crippen molar-refractivity contribution in [2.75, 3.05) is 6.61 Å². The highest BCUT2D eigenvalue weighted by Crippen LogP contribution is 2.49. The first-order chi connectivity index (χ1) is 15.5. The molecule has 0 bridgehead atoms. The summed E-state index contributed by atoms with van der Waals surface area (Å²) in [5.41, 5.74) is 1.96. The molecule has 0 spiro atoms. The summed E-state index contributed by atoms with van der Waals surface area (Å²) >= 11 is 0. The number of rotatable bonds is 8. The molecule has 1 aromatic carbocycles. The molecule has 2 saturated carbocycles. The van der Waals surface area contributed by atoms with Crippen molar-refractivity contribution in [2.45, 2.75) is 90.1 Å². The molecule has 3 atom stereocenters. The molecule has 1 aromatic rings. The minimum Gasteiger partial charge on any atom is -0.490 e. The standard InChI is InChI=1S/C27H36F2O3/c1-3-5-17-8-11-22-20(17)12-13-23(22)27(30)32-19-9-6-18(7-10-19)21-14-15-24(31-16-4-2)26(29)25(21)28/h8,14-15,18-20,22-23H,3-7,9-13,16H2,1-2H3. The molecule has 3 aliphatic rings. The van der Waals surface area contributed by atoms with E-state index in [2.05, 4.69) is 13.0 Å². The van der Waals surface area contributed by atoms with Crippen molar-refractivity contribution in [3.63, 3.8) is 0 Å². The molecule has 3 aliphatic carbocycles. The van der Waals surface area contributed by atoms with Crippen LogP contribution in [0.4, 0.5) is 8.78 Å². The Labute approximate surface area is 190 Å². The van der Waals surface area contributed by atoms with Crippen LogP contribution in [0, 0.1) is 29.4 Å². The van der Waals surface area contributed by atoms with Crippen LogP contribution >= 0.6 is 0 Å². The molecule has 5 heteroatoms. The average molecular weight is 447 g/mol. The predicted molar refractivity (Wildman–Crippen MR) is 121 cm³/mol. The van der Waals surface area contributed by atoms with Crippen molar-refractivity contribution >= 4 is 5.97 Å². The highest BCUT2D eigenvalue weighted by atomic mass is 19.2. The van der Waals surface area contributed by atoms with Gasteiger partial charge in [0, 0.05) is 0 Å². The molecule has 4 rings (SSSR count). The Balaban J connectivity index is 1.29. The van der Waals surface area contributed by atoms with Gasteiger partial charge in [-0.1, -0.05) is 38.0 Å². The maximum absolute atomic E-state index is 14.7. The first-order valence-corrected chi connectivity index (χ1v) is 12.5. The molecule has 0 radical (unpaired) electrons. The maximum atomic E-state index is 14.7. The van der Waals surface area contributed by atoms with E-state index < -0.39 is 11.6 Å². The van der Waals surface area contributed by atoms with Crippen LogP contribution in [0.5, 0.6) is 5.75 Å². The van der Waals surface area contributed by atoms with E-state index in [1.807, 2.05) is 6.92 Å². The molecule has 2 fully saturated rings. The zero-order valence-corrected chi connectivity index (χ0v) is 19.4. The van der Waals surface area contributed by atoms with Gasteiger partial charge in [0.1, 0.15) is 6.10 Å². The number of esters is 1. The molecule has 0 aromatic heterocycles. The first kappa shape index (κ1) is 23.3. The molecule has 0 aliphatic heterocycles. The van der Waals surface area contributed by atoms with Crippen LogP contribution in [-0.2, 0) is 9.53 Å². The van der Waals surface area contributed by atoms with E-state index in [-0.39, 0.29) is 29.7 Å². The molecular weight excluding hydrogens is 410 g/mol. The van der Waals surface area contributed by atoms with E-state index >= 15 is 0 Å². The fourth-order valence-electron chi connectivity index (χ4n) is 6.09. The molecule has 0 heterocycles. The highest BCUT2D eigenvalue weighted by molar-refractivity contribution is 5.74. The van der Waals surface area contributed by atoms with Crippen LogP contribution in [0.1, 0.15) is 89.5 Å². The number of carbonyl (C=O) groups excluding carboxylic acids is 1. The molecule has 32 heavy (non-hydrogen) atoms. The molecule has 3 unspecified atom stereocenters. The van der Waals surface area contributed by atoms with Crippen LogP contribution in [0.15, 0.2) is 23.8 Å². The Hall–Kier alpha value is -1.91. The number of hydrogen-bond donors (Lipinski definition) is 0. The van der Waals surface area contributed by atoms with Crippen LogP contribution < -0.4 is 4.74 Å². The molecule has 0 N–H and O–H groups in total. The summed E-state index contributed by atoms with van der Waals surface area (Å²) in [7, 11) is 0. The molecule has 176 valence electrons. The van der Waals surface area contributed by atoms with Crippen molar-refractivity contribution in [3.05, 3.63) is 41.0 Å². The van der Waals surface area contributed by atoms with Crippen LogP contribution in [0.3, 0.4) is 0 Å². The molecular formula is C27H36F2O3. The second kappa shape index (κ2) is 10.4. The number of hydrogen-bond acceptors (Lipinski definition) is 3. The van der Waals surface area contributed by atoms with Gasteiger partial charge in [-0.3, -0.25) is 4.79 Å². The third kappa shape index (κ3) is 4.72. The molecule has 0 saturated heterocycles. The largest absolute Gasteiger partial charge is 0.490 e. The van der Waals surface area contributed by atoms with Gasteiger partial charge in [0.05, 0.1) is 12.5 Å². The van der Waals surface area contributed by atoms with Gasteiger partial charge in [-0.25, -0.2) is 4.39 Å². The van der Waals surface area contributed by atoms with Gasteiger partial charge in [0.25, 0.3) is 0 Å². The minimum absolute atomic E-state index is 0.0190. The van der Waals surface area contributed by atoms with Crippen molar-refractivity contribution < 1.29 is 23.0 Å². The van der Waals surface area contributed by atoms with E-state index in [0.717, 1.165) is 38.5 Å². The third-order valence-corrected chi connectivity index (χ3v) is 7.73. The van der Waals surface area contributed by atoms with Crippen molar-refractivity contribution in [1.29, 1.82) is 0 Å². The smallest absolute Gasteiger partial charge is 0.309 e. The molecule has 3 nitrogen and oxygen atoms in total. The topological polar surface area (TPSA) is 35.5 Å². The Bertz CT molecular complexity index is 842. The van der Waals surface area contributed by atoms with Gasteiger partial charge in [-0.2, -0.15) is 4.39 Å². The summed E-state index contributed by atoms with van der Waals surface area (Å²) < 4.78 is 40.2. The second-order valence-corrected chi connectivity index (χ2v) is 9.76. The lowest BCUT2D eigenvalue weighted by molar-refractivity contribution is -0.157. The van der Waals surface area contributed by atoms with Gasteiger partial charge in [-0.05, 0) is 87.2 Å². The SMILES string of the molecule is CCCOc1ccc(C2CCC(OC(=O)C3CCC4C(CCC)=CCC34)CC2)c(F)c1F. The summed E-state index contributed by atoms with van der Waals surface area (Å²) in [6.45, 7) is 4.50. The van der Waals surface area contributed by atoms with Crippen molar-refractivity contribution in [1.82, 2.24) is 0 Å². The highest BCUT2D eigenvalue weighted by Gasteiger charge is 2.44. The third-order valence-electron chi connectivity index (χ3n) is 7.73. The monoisotopic (exact) mass is 446 g/mol. The van der Waals surface area contributed by atoms with Gasteiger partial charge in [-0.15, -0.1) is 0 Å². The zero-order chi connectivity index (χ0) is 22.7. The zero-order valence-electron chi connectivity index (χ0n) is 19.4. The lowest BCUT2D eigenvalue weighted by Crippen LogP contribution is -2.29. The number of fused-ring (bicyclic) bond motifs is 1. The first-order valence-electron chi connectivity index (χ1n) is 12.5. The summed E-state index contributed by atoms with van der Waals surface area (Å²) in [6.07, 6.45) is 11.1. The Morgan fingerprint density at radius 1 is 1.00 bits per heavy atom. The van der Waals surface area contributed by atoms with E-state index in [0.29, 0.717) is 49.7 Å². The van der Waals surface area contributed by atoms with E-state index in [4.69, 9.17) is 9.47 Å². The Morgan fingerprint density at radius 2 is 1.78 bits per heavy atom. The Morgan fingerprint density at radius 3 is 2.50 bits per heavy atom.